The van der Waals surface area contributed by atoms with Gasteiger partial charge in [0.25, 0.3) is 0 Å². The van der Waals surface area contributed by atoms with Gasteiger partial charge in [0.15, 0.2) is 0 Å². The lowest BCUT2D eigenvalue weighted by molar-refractivity contribution is -0.137. The van der Waals surface area contributed by atoms with Crippen molar-refractivity contribution in [2.75, 3.05) is 45.8 Å². The van der Waals surface area contributed by atoms with Crippen molar-refractivity contribution in [2.45, 2.75) is 26.2 Å². The van der Waals surface area contributed by atoms with Crippen LogP contribution in [0.15, 0.2) is 29.8 Å². The van der Waals surface area contributed by atoms with Crippen LogP contribution in [0.1, 0.15) is 31.7 Å². The molecule has 0 unspecified atom stereocenters. The van der Waals surface area contributed by atoms with Crippen molar-refractivity contribution in [1.82, 2.24) is 14.7 Å². The molecule has 5 nitrogen and oxygen atoms in total. The maximum absolute atomic E-state index is 12.7. The first-order valence-electron chi connectivity index (χ1n) is 9.76. The first kappa shape index (κ1) is 19.9. The molecule has 0 bridgehead atoms. The molecule has 0 atom stereocenters. The molecule has 2 fully saturated rings. The van der Waals surface area contributed by atoms with Gasteiger partial charge < -0.3 is 14.7 Å². The van der Waals surface area contributed by atoms with Gasteiger partial charge in [0.05, 0.1) is 0 Å². The number of piperazine rings is 1. The zero-order chi connectivity index (χ0) is 19.2. The molecule has 2 saturated heterocycles. The molecule has 146 valence electrons. The number of hydrogen-bond donors (Lipinski definition) is 0. The summed E-state index contributed by atoms with van der Waals surface area (Å²) >= 11 is 5.90. The molecule has 27 heavy (non-hydrogen) atoms. The summed E-state index contributed by atoms with van der Waals surface area (Å²) in [5, 5.41) is 0.682. The Kier molecular flexibility index (Phi) is 6.91. The smallest absolute Gasteiger partial charge is 0.249 e. The highest BCUT2D eigenvalue weighted by atomic mass is 35.5. The van der Waals surface area contributed by atoms with Crippen LogP contribution in [0, 0.1) is 0 Å². The summed E-state index contributed by atoms with van der Waals surface area (Å²) in [6.45, 7) is 7.38. The zero-order valence-electron chi connectivity index (χ0n) is 16.0. The third kappa shape index (κ3) is 5.56. The summed E-state index contributed by atoms with van der Waals surface area (Å²) in [7, 11) is 0. The second kappa shape index (κ2) is 9.38. The van der Waals surface area contributed by atoms with E-state index in [4.69, 9.17) is 11.6 Å². The van der Waals surface area contributed by atoms with Gasteiger partial charge in [-0.1, -0.05) is 23.7 Å². The lowest BCUT2D eigenvalue weighted by atomic mass is 10.1. The number of carbonyl (C=O) groups excluding carboxylic acids is 2. The van der Waals surface area contributed by atoms with Gasteiger partial charge in [-0.2, -0.15) is 0 Å². The maximum atomic E-state index is 12.7. The highest BCUT2D eigenvalue weighted by Crippen LogP contribution is 2.15. The van der Waals surface area contributed by atoms with Crippen LogP contribution in [0.5, 0.6) is 0 Å². The first-order chi connectivity index (χ1) is 13.0. The average molecular weight is 390 g/mol. The Hall–Kier alpha value is -1.85. The van der Waals surface area contributed by atoms with Crippen LogP contribution in [0.4, 0.5) is 0 Å². The third-order valence-electron chi connectivity index (χ3n) is 5.35. The topological polar surface area (TPSA) is 43.9 Å². The Balaban J connectivity index is 1.46. The van der Waals surface area contributed by atoms with E-state index in [0.717, 1.165) is 25.2 Å². The quantitative estimate of drug-likeness (QED) is 0.727. The van der Waals surface area contributed by atoms with Gasteiger partial charge in [0, 0.05) is 49.7 Å². The highest BCUT2D eigenvalue weighted by molar-refractivity contribution is 6.30. The van der Waals surface area contributed by atoms with Crippen molar-refractivity contribution >= 4 is 29.5 Å². The van der Waals surface area contributed by atoms with Crippen LogP contribution >= 0.6 is 11.6 Å². The van der Waals surface area contributed by atoms with Crippen molar-refractivity contribution in [3.8, 4) is 0 Å². The molecule has 3 rings (SSSR count). The predicted molar refractivity (Wildman–Crippen MR) is 109 cm³/mol. The zero-order valence-corrected chi connectivity index (χ0v) is 16.7. The fourth-order valence-electron chi connectivity index (χ4n) is 3.70. The molecule has 2 amide bonds. The molecule has 1 aromatic carbocycles. The Labute approximate surface area is 166 Å². The van der Waals surface area contributed by atoms with Crippen LogP contribution < -0.4 is 0 Å². The Bertz CT molecular complexity index is 688. The molecule has 0 aromatic heterocycles. The molecule has 0 N–H and O–H groups in total. The fraction of sp³-hybridized carbons (Fsp3) is 0.524. The summed E-state index contributed by atoms with van der Waals surface area (Å²) < 4.78 is 0. The monoisotopic (exact) mass is 389 g/mol. The molecule has 1 aromatic rings. The molecule has 2 aliphatic rings. The second-order valence-corrected chi connectivity index (χ2v) is 7.79. The van der Waals surface area contributed by atoms with E-state index in [1.165, 1.54) is 12.8 Å². The predicted octanol–water partition coefficient (Wildman–Crippen LogP) is 2.90. The Morgan fingerprint density at radius 3 is 2.19 bits per heavy atom. The molecule has 0 spiro atoms. The van der Waals surface area contributed by atoms with Crippen molar-refractivity contribution in [3.05, 3.63) is 40.4 Å². The summed E-state index contributed by atoms with van der Waals surface area (Å²) in [6, 6.07) is 7.43. The van der Waals surface area contributed by atoms with Crippen molar-refractivity contribution < 1.29 is 9.59 Å². The van der Waals surface area contributed by atoms with E-state index in [1.807, 2.05) is 47.1 Å². The lowest BCUT2D eigenvalue weighted by Crippen LogP contribution is -2.51. The van der Waals surface area contributed by atoms with Gasteiger partial charge in [-0.3, -0.25) is 9.59 Å². The molecule has 6 heteroatoms. The summed E-state index contributed by atoms with van der Waals surface area (Å²) in [5.74, 6) is 0.247. The molecule has 0 aliphatic carbocycles. The van der Waals surface area contributed by atoms with E-state index in [1.54, 1.807) is 0 Å². The van der Waals surface area contributed by atoms with Crippen molar-refractivity contribution in [1.29, 1.82) is 0 Å². The molecule has 0 radical (unpaired) electrons. The number of carbonyl (C=O) groups is 2. The first-order valence-corrected chi connectivity index (χ1v) is 10.1. The number of amides is 2. The number of nitrogens with zero attached hydrogens (tertiary/aromatic N) is 3. The lowest BCUT2D eigenvalue weighted by Gasteiger charge is -2.35. The number of rotatable bonds is 5. The highest BCUT2D eigenvalue weighted by Gasteiger charge is 2.25. The average Bonchev–Trinajstić information content (AvgIpc) is 3.21. The molecule has 2 aliphatic heterocycles. The minimum Gasteiger partial charge on any atom is -0.339 e. The van der Waals surface area contributed by atoms with E-state index < -0.39 is 0 Å². The minimum atomic E-state index is 0.0362. The van der Waals surface area contributed by atoms with E-state index in [0.29, 0.717) is 43.2 Å². The molecular formula is C21H28ClN3O2. The minimum absolute atomic E-state index is 0.0362. The fourth-order valence-corrected chi connectivity index (χ4v) is 3.82. The van der Waals surface area contributed by atoms with E-state index in [9.17, 15) is 9.59 Å². The number of benzene rings is 1. The van der Waals surface area contributed by atoms with Gasteiger partial charge in [0.2, 0.25) is 11.8 Å². The van der Waals surface area contributed by atoms with E-state index >= 15 is 0 Å². The SMILES string of the molecule is C/C(=C\c1ccc(Cl)cc1)C(=O)N1CCN(C(=O)CCN2CCCC2)CC1. The summed E-state index contributed by atoms with van der Waals surface area (Å²) in [4.78, 5) is 31.2. The normalized spacial score (nSPS) is 18.8. The van der Waals surface area contributed by atoms with Gasteiger partial charge in [0.1, 0.15) is 0 Å². The third-order valence-corrected chi connectivity index (χ3v) is 5.60. The van der Waals surface area contributed by atoms with Crippen LogP contribution in [0.2, 0.25) is 5.02 Å². The Morgan fingerprint density at radius 2 is 1.56 bits per heavy atom. The summed E-state index contributed by atoms with van der Waals surface area (Å²) in [5.41, 5.74) is 1.66. The standard InChI is InChI=1S/C21H28ClN3O2/c1-17(16-18-4-6-19(22)7-5-18)21(27)25-14-12-24(13-15-25)20(26)8-11-23-9-2-3-10-23/h4-7,16H,2-3,8-15H2,1H3/b17-16+. The number of likely N-dealkylation sites (tertiary alicyclic amines) is 1. The van der Waals surface area contributed by atoms with Crippen molar-refractivity contribution in [3.63, 3.8) is 0 Å². The number of hydrogen-bond acceptors (Lipinski definition) is 3. The van der Waals surface area contributed by atoms with Gasteiger partial charge in [-0.25, -0.2) is 0 Å². The largest absolute Gasteiger partial charge is 0.339 e. The van der Waals surface area contributed by atoms with Gasteiger partial charge in [-0.05, 0) is 56.6 Å². The van der Waals surface area contributed by atoms with Crippen molar-refractivity contribution in [2.24, 2.45) is 0 Å². The second-order valence-electron chi connectivity index (χ2n) is 7.35. The molecule has 0 saturated carbocycles. The van der Waals surface area contributed by atoms with Crippen LogP contribution in [-0.4, -0.2) is 72.3 Å². The van der Waals surface area contributed by atoms with Crippen LogP contribution in [-0.2, 0) is 9.59 Å². The van der Waals surface area contributed by atoms with E-state index in [-0.39, 0.29) is 11.8 Å². The van der Waals surface area contributed by atoms with Gasteiger partial charge in [-0.15, -0.1) is 0 Å². The summed E-state index contributed by atoms with van der Waals surface area (Å²) in [6.07, 6.45) is 4.96. The van der Waals surface area contributed by atoms with Crippen LogP contribution in [0.3, 0.4) is 0 Å². The van der Waals surface area contributed by atoms with E-state index in [2.05, 4.69) is 4.90 Å². The Morgan fingerprint density at radius 1 is 0.963 bits per heavy atom. The number of halogens is 1. The molecule has 2 heterocycles. The van der Waals surface area contributed by atoms with Gasteiger partial charge >= 0.3 is 0 Å². The maximum Gasteiger partial charge on any atom is 0.249 e. The molecular weight excluding hydrogens is 362 g/mol. The van der Waals surface area contributed by atoms with Crippen LogP contribution in [0.25, 0.3) is 6.08 Å².